The van der Waals surface area contributed by atoms with Gasteiger partial charge in [-0.05, 0) is 50.0 Å². The lowest BCUT2D eigenvalue weighted by Crippen LogP contribution is -2.51. The van der Waals surface area contributed by atoms with Crippen LogP contribution in [0.1, 0.15) is 51.4 Å². The third kappa shape index (κ3) is 5.11. The van der Waals surface area contributed by atoms with Crippen molar-refractivity contribution in [2.75, 3.05) is 26.2 Å². The number of rotatable bonds is 7. The molecule has 2 fully saturated rings. The predicted octanol–water partition coefficient (Wildman–Crippen LogP) is 3.48. The number of aromatic amines is 1. The molecule has 4 rings (SSSR count). The van der Waals surface area contributed by atoms with Crippen LogP contribution in [0.25, 0.3) is 10.9 Å². The number of piperazine rings is 1. The molecule has 1 N–H and O–H groups in total. The summed E-state index contributed by atoms with van der Waals surface area (Å²) in [5.41, 5.74) is 0.694. The first-order chi connectivity index (χ1) is 15.5. The Morgan fingerprint density at radius 2 is 1.66 bits per heavy atom. The summed E-state index contributed by atoms with van der Waals surface area (Å²) >= 11 is 5.35. The number of fused-ring (bicyclic) bond motifs is 1. The van der Waals surface area contributed by atoms with E-state index in [1.807, 2.05) is 28.0 Å². The summed E-state index contributed by atoms with van der Waals surface area (Å²) in [7, 11) is 0. The first kappa shape index (κ1) is 22.7. The number of hydrogen-bond donors (Lipinski definition) is 1. The van der Waals surface area contributed by atoms with E-state index >= 15 is 0 Å². The van der Waals surface area contributed by atoms with Gasteiger partial charge in [0.1, 0.15) is 0 Å². The molecule has 0 atom stereocenters. The maximum Gasteiger partial charge on any atom is 0.262 e. The van der Waals surface area contributed by atoms with Crippen LogP contribution >= 0.6 is 12.2 Å². The van der Waals surface area contributed by atoms with Crippen molar-refractivity contribution in [3.63, 3.8) is 0 Å². The molecule has 1 aliphatic carbocycles. The van der Waals surface area contributed by atoms with Crippen LogP contribution in [0.5, 0.6) is 0 Å². The first-order valence-corrected chi connectivity index (χ1v) is 12.2. The number of hydrogen-bond acceptors (Lipinski definition) is 4. The van der Waals surface area contributed by atoms with Crippen LogP contribution in [0, 0.1) is 10.7 Å². The van der Waals surface area contributed by atoms with E-state index in [0.717, 1.165) is 50.5 Å². The number of carbonyl (C=O) groups excluding carboxylic acids is 2. The summed E-state index contributed by atoms with van der Waals surface area (Å²) < 4.78 is 2.05. The summed E-state index contributed by atoms with van der Waals surface area (Å²) in [5.74, 6) is 0.663. The number of nitrogens with one attached hydrogen (secondary N) is 1. The van der Waals surface area contributed by atoms with Crippen molar-refractivity contribution in [3.8, 4) is 0 Å². The third-order valence-corrected chi connectivity index (χ3v) is 7.13. The number of aromatic nitrogens is 2. The SMILES string of the molecule is O=C(CCCCCn1c(=S)[nH]c2ccccc2c1=O)N1CCN(C(=O)C2CCCC2)CC1. The number of benzene rings is 1. The first-order valence-electron chi connectivity index (χ1n) is 11.8. The normalized spacial score (nSPS) is 17.2. The van der Waals surface area contributed by atoms with Gasteiger partial charge in [0.2, 0.25) is 11.8 Å². The highest BCUT2D eigenvalue weighted by molar-refractivity contribution is 7.71. The van der Waals surface area contributed by atoms with Crippen LogP contribution in [0.15, 0.2) is 29.1 Å². The Balaban J connectivity index is 1.18. The van der Waals surface area contributed by atoms with Crippen molar-refractivity contribution in [2.45, 2.75) is 57.9 Å². The monoisotopic (exact) mass is 456 g/mol. The lowest BCUT2D eigenvalue weighted by molar-refractivity contribution is -0.142. The molecule has 0 unspecified atom stereocenters. The van der Waals surface area contributed by atoms with Crippen LogP contribution in [0.2, 0.25) is 0 Å². The van der Waals surface area contributed by atoms with Crippen molar-refractivity contribution in [2.24, 2.45) is 5.92 Å². The van der Waals surface area contributed by atoms with Gasteiger partial charge < -0.3 is 14.8 Å². The molecular weight excluding hydrogens is 424 g/mol. The van der Waals surface area contributed by atoms with E-state index in [4.69, 9.17) is 12.2 Å². The molecule has 7 nitrogen and oxygen atoms in total. The number of carbonyl (C=O) groups is 2. The Labute approximate surface area is 193 Å². The van der Waals surface area contributed by atoms with E-state index in [1.54, 1.807) is 10.6 Å². The average molecular weight is 457 g/mol. The molecule has 1 aliphatic heterocycles. The number of nitrogens with zero attached hydrogens (tertiary/aromatic N) is 3. The van der Waals surface area contributed by atoms with Crippen molar-refractivity contribution < 1.29 is 9.59 Å². The summed E-state index contributed by atoms with van der Waals surface area (Å²) in [4.78, 5) is 44.7. The molecule has 2 heterocycles. The minimum absolute atomic E-state index is 0.0644. The molecule has 0 radical (unpaired) electrons. The molecule has 32 heavy (non-hydrogen) atoms. The lowest BCUT2D eigenvalue weighted by Gasteiger charge is -2.36. The second kappa shape index (κ2) is 10.4. The quantitative estimate of drug-likeness (QED) is 0.511. The molecule has 0 spiro atoms. The van der Waals surface area contributed by atoms with E-state index in [1.165, 1.54) is 0 Å². The van der Waals surface area contributed by atoms with Crippen molar-refractivity contribution in [1.82, 2.24) is 19.4 Å². The van der Waals surface area contributed by atoms with Crippen LogP contribution in [0.3, 0.4) is 0 Å². The predicted molar refractivity (Wildman–Crippen MR) is 127 cm³/mol. The van der Waals surface area contributed by atoms with Gasteiger partial charge in [0, 0.05) is 45.1 Å². The van der Waals surface area contributed by atoms with E-state index in [-0.39, 0.29) is 23.3 Å². The van der Waals surface area contributed by atoms with Gasteiger partial charge >= 0.3 is 0 Å². The molecule has 1 aromatic heterocycles. The average Bonchev–Trinajstić information content (AvgIpc) is 3.35. The van der Waals surface area contributed by atoms with Gasteiger partial charge in [0.15, 0.2) is 4.77 Å². The fraction of sp³-hybridized carbons (Fsp3) is 0.583. The molecule has 2 aliphatic rings. The lowest BCUT2D eigenvalue weighted by atomic mass is 10.1. The van der Waals surface area contributed by atoms with Crippen LogP contribution in [0.4, 0.5) is 0 Å². The number of H-pyrrole nitrogens is 1. The van der Waals surface area contributed by atoms with E-state index in [9.17, 15) is 14.4 Å². The Kier molecular flexibility index (Phi) is 7.40. The molecule has 0 bridgehead atoms. The summed E-state index contributed by atoms with van der Waals surface area (Å²) in [5, 5.41) is 0.641. The zero-order valence-corrected chi connectivity index (χ0v) is 19.4. The Morgan fingerprint density at radius 3 is 2.41 bits per heavy atom. The topological polar surface area (TPSA) is 78.4 Å². The fourth-order valence-electron chi connectivity index (χ4n) is 4.89. The third-order valence-electron chi connectivity index (χ3n) is 6.81. The summed E-state index contributed by atoms with van der Waals surface area (Å²) in [6.07, 6.45) is 7.33. The number of unbranched alkanes of at least 4 members (excludes halogenated alkanes) is 2. The zero-order chi connectivity index (χ0) is 22.5. The van der Waals surface area contributed by atoms with Gasteiger partial charge in [-0.15, -0.1) is 0 Å². The minimum atomic E-state index is -0.0644. The molecule has 1 aromatic carbocycles. The van der Waals surface area contributed by atoms with Gasteiger partial charge in [-0.2, -0.15) is 0 Å². The molecule has 8 heteroatoms. The molecular formula is C24H32N4O3S. The van der Waals surface area contributed by atoms with Gasteiger partial charge in [-0.3, -0.25) is 19.0 Å². The second-order valence-corrected chi connectivity index (χ2v) is 9.32. The standard InChI is InChI=1S/C24H32N4O3S/c29-21(26-14-16-27(17-15-26)22(30)18-8-3-4-9-18)12-2-1-7-13-28-23(31)19-10-5-6-11-20(19)25-24(28)32/h5-6,10-11,18H,1-4,7-9,12-17H2,(H,25,32). The van der Waals surface area contributed by atoms with Crippen LogP contribution < -0.4 is 5.56 Å². The van der Waals surface area contributed by atoms with E-state index in [0.29, 0.717) is 49.3 Å². The van der Waals surface area contributed by atoms with Crippen LogP contribution in [-0.4, -0.2) is 57.3 Å². The van der Waals surface area contributed by atoms with Gasteiger partial charge in [0.25, 0.3) is 5.56 Å². The molecule has 2 aromatic rings. The van der Waals surface area contributed by atoms with Gasteiger partial charge in [0.05, 0.1) is 10.9 Å². The highest BCUT2D eigenvalue weighted by atomic mass is 32.1. The van der Waals surface area contributed by atoms with Gasteiger partial charge in [-0.25, -0.2) is 0 Å². The maximum atomic E-state index is 12.7. The molecule has 2 amide bonds. The molecule has 172 valence electrons. The number of amides is 2. The van der Waals surface area contributed by atoms with E-state index < -0.39 is 0 Å². The van der Waals surface area contributed by atoms with Crippen molar-refractivity contribution >= 4 is 34.9 Å². The fourth-order valence-corrected chi connectivity index (χ4v) is 5.17. The highest BCUT2D eigenvalue weighted by Gasteiger charge is 2.30. The Morgan fingerprint density at radius 1 is 0.969 bits per heavy atom. The Hall–Kier alpha value is -2.48. The molecule has 1 saturated heterocycles. The van der Waals surface area contributed by atoms with Crippen molar-refractivity contribution in [1.29, 1.82) is 0 Å². The smallest absolute Gasteiger partial charge is 0.262 e. The molecule has 1 saturated carbocycles. The summed E-state index contributed by atoms with van der Waals surface area (Å²) in [6.45, 7) is 3.14. The van der Waals surface area contributed by atoms with Gasteiger partial charge in [-0.1, -0.05) is 31.4 Å². The zero-order valence-electron chi connectivity index (χ0n) is 18.6. The number of para-hydroxylation sites is 1. The minimum Gasteiger partial charge on any atom is -0.339 e. The largest absolute Gasteiger partial charge is 0.339 e. The Bertz CT molecular complexity index is 1080. The second-order valence-electron chi connectivity index (χ2n) is 8.93. The highest BCUT2D eigenvalue weighted by Crippen LogP contribution is 2.27. The summed E-state index contributed by atoms with van der Waals surface area (Å²) in [6, 6.07) is 7.38. The van der Waals surface area contributed by atoms with Crippen LogP contribution in [-0.2, 0) is 16.1 Å². The van der Waals surface area contributed by atoms with E-state index in [2.05, 4.69) is 4.98 Å². The maximum absolute atomic E-state index is 12.7. The van der Waals surface area contributed by atoms with Crippen molar-refractivity contribution in [3.05, 3.63) is 39.4 Å².